The van der Waals surface area contributed by atoms with Gasteiger partial charge >= 0.3 is 0 Å². The molecule has 86 valence electrons. The predicted octanol–water partition coefficient (Wildman–Crippen LogP) is 1.35. The van der Waals surface area contributed by atoms with E-state index in [0.717, 1.165) is 11.5 Å². The molecule has 0 amide bonds. The fourth-order valence-corrected chi connectivity index (χ4v) is 1.62. The first-order chi connectivity index (χ1) is 7.78. The lowest BCUT2D eigenvalue weighted by Gasteiger charge is -2.11. The van der Waals surface area contributed by atoms with Crippen LogP contribution in [0.4, 0.5) is 0 Å². The normalized spacial score (nSPS) is 18.8. The van der Waals surface area contributed by atoms with Crippen molar-refractivity contribution in [1.29, 1.82) is 0 Å². The Balaban J connectivity index is 1.87. The van der Waals surface area contributed by atoms with Crippen molar-refractivity contribution >= 4 is 17.4 Å². The van der Waals surface area contributed by atoms with Crippen molar-refractivity contribution in [3.05, 3.63) is 24.3 Å². The maximum atomic E-state index is 5.58. The summed E-state index contributed by atoms with van der Waals surface area (Å²) in [5, 5.41) is 3.38. The van der Waals surface area contributed by atoms with Crippen LogP contribution in [0.2, 0.25) is 0 Å². The molecular formula is C11H13NO3S. The van der Waals surface area contributed by atoms with Crippen LogP contribution in [0, 0.1) is 0 Å². The van der Waals surface area contributed by atoms with Crippen LogP contribution in [0.3, 0.4) is 0 Å². The van der Waals surface area contributed by atoms with Crippen LogP contribution >= 0.6 is 12.2 Å². The Labute approximate surface area is 99.5 Å². The van der Waals surface area contributed by atoms with E-state index in [2.05, 4.69) is 5.32 Å². The highest BCUT2D eigenvalue weighted by Crippen LogP contribution is 2.19. The lowest BCUT2D eigenvalue weighted by atomic mass is 10.3. The molecule has 1 unspecified atom stereocenters. The van der Waals surface area contributed by atoms with Gasteiger partial charge in [-0.05, 0) is 24.4 Å². The first-order valence-corrected chi connectivity index (χ1v) is 5.40. The average molecular weight is 239 g/mol. The number of methoxy groups -OCH3 is 1. The molecule has 1 fully saturated rings. The lowest BCUT2D eigenvalue weighted by Crippen LogP contribution is -2.21. The second kappa shape index (κ2) is 5.03. The zero-order valence-corrected chi connectivity index (χ0v) is 9.75. The summed E-state index contributed by atoms with van der Waals surface area (Å²) in [4.78, 5) is 0. The summed E-state index contributed by atoms with van der Waals surface area (Å²) in [6.45, 7) is 1.17. The van der Waals surface area contributed by atoms with E-state index >= 15 is 0 Å². The Bertz CT molecular complexity index is 383. The first-order valence-electron chi connectivity index (χ1n) is 4.99. The second-order valence-electron chi connectivity index (χ2n) is 3.40. The summed E-state index contributed by atoms with van der Waals surface area (Å²) in [5.41, 5.74) is 0. The second-order valence-corrected chi connectivity index (χ2v) is 3.77. The number of hydrogen-bond donors (Lipinski definition) is 1. The van der Waals surface area contributed by atoms with E-state index in [-0.39, 0.29) is 6.10 Å². The zero-order chi connectivity index (χ0) is 11.4. The summed E-state index contributed by atoms with van der Waals surface area (Å²) in [6, 6.07) is 7.46. The Morgan fingerprint density at radius 1 is 1.50 bits per heavy atom. The summed E-state index contributed by atoms with van der Waals surface area (Å²) in [7, 11) is 1.63. The molecule has 1 heterocycles. The van der Waals surface area contributed by atoms with Gasteiger partial charge in [0, 0.05) is 6.07 Å². The summed E-state index contributed by atoms with van der Waals surface area (Å²) >= 11 is 4.86. The highest BCUT2D eigenvalue weighted by Gasteiger charge is 2.20. The molecule has 0 aromatic heterocycles. The molecule has 1 aromatic carbocycles. The molecule has 2 rings (SSSR count). The van der Waals surface area contributed by atoms with Crippen molar-refractivity contribution < 1.29 is 14.2 Å². The molecule has 5 heteroatoms. The number of rotatable bonds is 4. The van der Waals surface area contributed by atoms with E-state index in [9.17, 15) is 0 Å². The Hall–Kier alpha value is -1.49. The quantitative estimate of drug-likeness (QED) is 0.803. The Morgan fingerprint density at radius 3 is 3.00 bits per heavy atom. The minimum atomic E-state index is -0.0151. The molecule has 1 saturated heterocycles. The van der Waals surface area contributed by atoms with Crippen LogP contribution in [-0.4, -0.2) is 31.5 Å². The van der Waals surface area contributed by atoms with Crippen LogP contribution in [0.1, 0.15) is 0 Å². The fourth-order valence-electron chi connectivity index (χ4n) is 1.40. The van der Waals surface area contributed by atoms with Crippen LogP contribution in [-0.2, 0) is 4.74 Å². The number of ether oxygens (including phenoxy) is 3. The van der Waals surface area contributed by atoms with Crippen molar-refractivity contribution in [2.45, 2.75) is 6.10 Å². The molecule has 16 heavy (non-hydrogen) atoms. The maximum Gasteiger partial charge on any atom is 0.257 e. The third kappa shape index (κ3) is 2.76. The minimum absolute atomic E-state index is 0.0151. The third-order valence-electron chi connectivity index (χ3n) is 2.22. The number of benzene rings is 1. The van der Waals surface area contributed by atoms with Crippen LogP contribution in [0.15, 0.2) is 24.3 Å². The Kier molecular flexibility index (Phi) is 3.46. The van der Waals surface area contributed by atoms with E-state index in [4.69, 9.17) is 26.4 Å². The molecule has 0 saturated carbocycles. The van der Waals surface area contributed by atoms with Crippen LogP contribution in [0.5, 0.6) is 11.5 Å². The molecule has 0 bridgehead atoms. The monoisotopic (exact) mass is 239 g/mol. The van der Waals surface area contributed by atoms with E-state index in [1.54, 1.807) is 7.11 Å². The van der Waals surface area contributed by atoms with Crippen molar-refractivity contribution in [1.82, 2.24) is 5.32 Å². The minimum Gasteiger partial charge on any atom is -0.497 e. The standard InChI is InChI=1S/C11H13NO3S/c1-13-8-3-2-4-9(5-8)14-7-10-6-12-11(16)15-10/h2-5,10H,6-7H2,1H3,(H,12,16). The van der Waals surface area contributed by atoms with Crippen molar-refractivity contribution in [3.8, 4) is 11.5 Å². The highest BCUT2D eigenvalue weighted by molar-refractivity contribution is 7.80. The maximum absolute atomic E-state index is 5.58. The van der Waals surface area contributed by atoms with Gasteiger partial charge in [-0.2, -0.15) is 0 Å². The predicted molar refractivity (Wildman–Crippen MR) is 64.0 cm³/mol. The fraction of sp³-hybridized carbons (Fsp3) is 0.364. The molecule has 0 radical (unpaired) electrons. The van der Waals surface area contributed by atoms with E-state index in [1.807, 2.05) is 24.3 Å². The third-order valence-corrected chi connectivity index (χ3v) is 2.47. The van der Waals surface area contributed by atoms with Gasteiger partial charge in [0.25, 0.3) is 5.17 Å². The number of thiocarbonyl (C=S) groups is 1. The summed E-state index contributed by atoms with van der Waals surface area (Å²) in [6.07, 6.45) is -0.0151. The molecule has 1 aromatic rings. The molecule has 0 spiro atoms. The van der Waals surface area contributed by atoms with Gasteiger partial charge < -0.3 is 19.5 Å². The van der Waals surface area contributed by atoms with Gasteiger partial charge in [-0.1, -0.05) is 6.07 Å². The van der Waals surface area contributed by atoms with Crippen LogP contribution in [0.25, 0.3) is 0 Å². The van der Waals surface area contributed by atoms with Crippen LogP contribution < -0.4 is 14.8 Å². The summed E-state index contributed by atoms with van der Waals surface area (Å²) < 4.78 is 16.0. The zero-order valence-electron chi connectivity index (χ0n) is 8.93. The SMILES string of the molecule is COc1cccc(OCC2CNC(=S)O2)c1. The van der Waals surface area contributed by atoms with Gasteiger partial charge in [0.1, 0.15) is 18.1 Å². The number of hydrogen-bond acceptors (Lipinski definition) is 4. The first kappa shape index (κ1) is 11.0. The van der Waals surface area contributed by atoms with Gasteiger partial charge in [0.2, 0.25) is 0 Å². The Morgan fingerprint density at radius 2 is 2.31 bits per heavy atom. The molecule has 0 aliphatic carbocycles. The largest absolute Gasteiger partial charge is 0.497 e. The van der Waals surface area contributed by atoms with E-state index in [0.29, 0.717) is 18.3 Å². The molecule has 1 aliphatic heterocycles. The number of nitrogens with one attached hydrogen (secondary N) is 1. The topological polar surface area (TPSA) is 39.7 Å². The van der Waals surface area contributed by atoms with Crippen molar-refractivity contribution in [3.63, 3.8) is 0 Å². The van der Waals surface area contributed by atoms with E-state index < -0.39 is 0 Å². The molecule has 4 nitrogen and oxygen atoms in total. The van der Waals surface area contributed by atoms with E-state index in [1.165, 1.54) is 0 Å². The van der Waals surface area contributed by atoms with Gasteiger partial charge in [-0.3, -0.25) is 0 Å². The molecular weight excluding hydrogens is 226 g/mol. The summed E-state index contributed by atoms with van der Waals surface area (Å²) in [5.74, 6) is 1.54. The highest BCUT2D eigenvalue weighted by atomic mass is 32.1. The van der Waals surface area contributed by atoms with Gasteiger partial charge in [0.05, 0.1) is 13.7 Å². The van der Waals surface area contributed by atoms with Gasteiger partial charge in [-0.15, -0.1) is 0 Å². The molecule has 1 N–H and O–H groups in total. The lowest BCUT2D eigenvalue weighted by molar-refractivity contribution is 0.150. The molecule has 1 aliphatic rings. The average Bonchev–Trinajstić information content (AvgIpc) is 2.73. The van der Waals surface area contributed by atoms with Crippen molar-refractivity contribution in [2.75, 3.05) is 20.3 Å². The molecule has 1 atom stereocenters. The van der Waals surface area contributed by atoms with Gasteiger partial charge in [-0.25, -0.2) is 0 Å². The van der Waals surface area contributed by atoms with Gasteiger partial charge in [0.15, 0.2) is 6.10 Å². The van der Waals surface area contributed by atoms with Crippen molar-refractivity contribution in [2.24, 2.45) is 0 Å². The smallest absolute Gasteiger partial charge is 0.257 e.